The van der Waals surface area contributed by atoms with Crippen LogP contribution >= 0.6 is 11.3 Å². The number of hydrogen-bond donors (Lipinski definition) is 1. The number of nitrogens with one attached hydrogen (secondary N) is 1. The van der Waals surface area contributed by atoms with Gasteiger partial charge in [0, 0.05) is 23.7 Å². The van der Waals surface area contributed by atoms with E-state index in [-0.39, 0.29) is 11.3 Å². The molecule has 1 saturated carbocycles. The minimum atomic E-state index is 0.0868. The van der Waals surface area contributed by atoms with Crippen LogP contribution in [-0.2, 0) is 11.2 Å². The van der Waals surface area contributed by atoms with Crippen molar-refractivity contribution in [2.24, 2.45) is 5.41 Å². The maximum atomic E-state index is 12.5. The Morgan fingerprint density at radius 3 is 2.78 bits per heavy atom. The Kier molecular flexibility index (Phi) is 5.06. The van der Waals surface area contributed by atoms with E-state index in [9.17, 15) is 4.79 Å². The Hall–Kier alpha value is -1.75. The summed E-state index contributed by atoms with van der Waals surface area (Å²) in [4.78, 5) is 22.3. The largest absolute Gasteiger partial charge is 0.325 e. The average molecular weight is 329 g/mol. The first-order valence-electron chi connectivity index (χ1n) is 8.26. The van der Waals surface area contributed by atoms with E-state index in [1.165, 1.54) is 24.1 Å². The number of anilines is 1. The zero-order chi connectivity index (χ0) is 16.1. The second-order valence-electron chi connectivity index (χ2n) is 6.55. The van der Waals surface area contributed by atoms with Gasteiger partial charge in [-0.1, -0.05) is 19.3 Å². The molecule has 3 rings (SSSR count). The molecule has 0 aliphatic heterocycles. The van der Waals surface area contributed by atoms with Crippen molar-refractivity contribution >= 4 is 22.9 Å². The van der Waals surface area contributed by atoms with Gasteiger partial charge in [0.15, 0.2) is 0 Å². The van der Waals surface area contributed by atoms with Gasteiger partial charge >= 0.3 is 0 Å². The van der Waals surface area contributed by atoms with Gasteiger partial charge in [-0.25, -0.2) is 4.98 Å². The predicted octanol–water partition coefficient (Wildman–Crippen LogP) is 4.37. The van der Waals surface area contributed by atoms with Crippen molar-refractivity contribution in [1.29, 1.82) is 0 Å². The molecule has 2 aromatic rings. The lowest BCUT2D eigenvalue weighted by Gasteiger charge is -2.36. The quantitative estimate of drug-likeness (QED) is 0.886. The highest BCUT2D eigenvalue weighted by Gasteiger charge is 2.35. The van der Waals surface area contributed by atoms with Crippen LogP contribution in [0, 0.1) is 12.3 Å². The van der Waals surface area contributed by atoms with Gasteiger partial charge in [0.05, 0.1) is 16.9 Å². The summed E-state index contributed by atoms with van der Waals surface area (Å²) in [6.45, 7) is 2.04. The molecule has 0 radical (unpaired) electrons. The van der Waals surface area contributed by atoms with E-state index in [4.69, 9.17) is 0 Å². The molecule has 2 heterocycles. The van der Waals surface area contributed by atoms with Gasteiger partial charge in [0.1, 0.15) is 0 Å². The Morgan fingerprint density at radius 1 is 1.30 bits per heavy atom. The number of carbonyl (C=O) groups is 1. The Morgan fingerprint density at radius 2 is 2.13 bits per heavy atom. The number of carbonyl (C=O) groups excluding carboxylic acids is 1. The van der Waals surface area contributed by atoms with Gasteiger partial charge in [-0.3, -0.25) is 9.78 Å². The van der Waals surface area contributed by atoms with Crippen molar-refractivity contribution in [3.63, 3.8) is 0 Å². The first-order valence-corrected chi connectivity index (χ1v) is 9.08. The van der Waals surface area contributed by atoms with E-state index in [1.54, 1.807) is 23.7 Å². The van der Waals surface area contributed by atoms with Gasteiger partial charge in [0.2, 0.25) is 5.91 Å². The molecule has 1 amide bonds. The maximum absolute atomic E-state index is 12.5. The number of aromatic nitrogens is 2. The number of nitrogens with zero attached hydrogens (tertiary/aromatic N) is 2. The van der Waals surface area contributed by atoms with Crippen LogP contribution in [0.15, 0.2) is 30.7 Å². The molecule has 23 heavy (non-hydrogen) atoms. The van der Waals surface area contributed by atoms with Crippen LogP contribution in [-0.4, -0.2) is 15.9 Å². The average Bonchev–Trinajstić information content (AvgIpc) is 2.93. The van der Waals surface area contributed by atoms with Crippen LogP contribution in [0.5, 0.6) is 0 Å². The molecule has 4 nitrogen and oxygen atoms in total. The molecule has 2 aromatic heterocycles. The van der Waals surface area contributed by atoms with Gasteiger partial charge in [-0.15, -0.1) is 11.3 Å². The van der Waals surface area contributed by atoms with Gasteiger partial charge < -0.3 is 5.32 Å². The second kappa shape index (κ2) is 7.21. The first kappa shape index (κ1) is 16.1. The minimum Gasteiger partial charge on any atom is -0.325 e. The fraction of sp³-hybridized carbons (Fsp3) is 0.500. The van der Waals surface area contributed by atoms with E-state index >= 15 is 0 Å². The first-order chi connectivity index (χ1) is 11.2. The van der Waals surface area contributed by atoms with Crippen molar-refractivity contribution in [3.8, 4) is 0 Å². The molecular formula is C18H23N3OS. The molecular weight excluding hydrogens is 306 g/mol. The lowest BCUT2D eigenvalue weighted by molar-refractivity contribution is -0.119. The van der Waals surface area contributed by atoms with Crippen molar-refractivity contribution in [1.82, 2.24) is 9.97 Å². The third-order valence-electron chi connectivity index (χ3n) is 4.61. The van der Waals surface area contributed by atoms with Crippen molar-refractivity contribution in [2.75, 3.05) is 5.32 Å². The summed E-state index contributed by atoms with van der Waals surface area (Å²) in [5, 5.41) is 4.09. The third kappa shape index (κ3) is 4.38. The van der Waals surface area contributed by atoms with E-state index < -0.39 is 0 Å². The normalized spacial score (nSPS) is 16.9. The van der Waals surface area contributed by atoms with Crippen molar-refractivity contribution in [3.05, 3.63) is 40.6 Å². The van der Waals surface area contributed by atoms with Crippen LogP contribution in [0.4, 0.5) is 5.69 Å². The molecule has 0 saturated heterocycles. The summed E-state index contributed by atoms with van der Waals surface area (Å²) < 4.78 is 0. The van der Waals surface area contributed by atoms with E-state index in [2.05, 4.69) is 15.3 Å². The lowest BCUT2D eigenvalue weighted by Crippen LogP contribution is -2.31. The monoisotopic (exact) mass is 329 g/mol. The smallest absolute Gasteiger partial charge is 0.224 e. The summed E-state index contributed by atoms with van der Waals surface area (Å²) in [6.07, 6.45) is 12.9. The Labute approximate surface area is 141 Å². The molecule has 0 unspecified atom stereocenters. The molecule has 0 bridgehead atoms. The lowest BCUT2D eigenvalue weighted by atomic mass is 9.69. The molecule has 1 aliphatic carbocycles. The number of aryl methyl sites for hydroxylation is 1. The fourth-order valence-electron chi connectivity index (χ4n) is 3.56. The maximum Gasteiger partial charge on any atom is 0.224 e. The highest BCUT2D eigenvalue weighted by molar-refractivity contribution is 7.11. The van der Waals surface area contributed by atoms with Crippen molar-refractivity contribution < 1.29 is 4.79 Å². The summed E-state index contributed by atoms with van der Waals surface area (Å²) in [5.41, 5.74) is 0.862. The minimum absolute atomic E-state index is 0.0868. The number of amides is 1. The molecule has 0 aromatic carbocycles. The van der Waals surface area contributed by atoms with Crippen LogP contribution in [0.1, 0.15) is 48.4 Å². The summed E-state index contributed by atoms with van der Waals surface area (Å²) in [5.74, 6) is 0.0983. The molecule has 0 spiro atoms. The molecule has 1 fully saturated rings. The highest BCUT2D eigenvalue weighted by Crippen LogP contribution is 2.43. The Bertz CT molecular complexity index is 647. The van der Waals surface area contributed by atoms with Crippen LogP contribution in [0.2, 0.25) is 0 Å². The SMILES string of the molecule is Cc1ncc(CC2(CC(=O)Nc3cccnc3)CCCCC2)s1. The predicted molar refractivity (Wildman–Crippen MR) is 93.6 cm³/mol. The topological polar surface area (TPSA) is 54.9 Å². The van der Waals surface area contributed by atoms with E-state index in [0.29, 0.717) is 6.42 Å². The number of hydrogen-bond acceptors (Lipinski definition) is 4. The second-order valence-corrected chi connectivity index (χ2v) is 7.87. The molecule has 122 valence electrons. The van der Waals surface area contributed by atoms with E-state index in [0.717, 1.165) is 30.0 Å². The number of pyridine rings is 1. The van der Waals surface area contributed by atoms with Gasteiger partial charge in [-0.2, -0.15) is 0 Å². The summed E-state index contributed by atoms with van der Waals surface area (Å²) >= 11 is 1.76. The third-order valence-corrected chi connectivity index (χ3v) is 5.53. The zero-order valence-electron chi connectivity index (χ0n) is 13.5. The van der Waals surface area contributed by atoms with Crippen LogP contribution in [0.3, 0.4) is 0 Å². The zero-order valence-corrected chi connectivity index (χ0v) is 14.4. The molecule has 5 heteroatoms. The van der Waals surface area contributed by atoms with Gasteiger partial charge in [0.25, 0.3) is 0 Å². The molecule has 0 atom stereocenters. The fourth-order valence-corrected chi connectivity index (χ4v) is 4.53. The Balaban J connectivity index is 1.69. The highest BCUT2D eigenvalue weighted by atomic mass is 32.1. The molecule has 1 aliphatic rings. The standard InChI is InChI=1S/C18H23N3OS/c1-14-20-13-16(23-14)10-18(7-3-2-4-8-18)11-17(22)21-15-6-5-9-19-12-15/h5-6,9,12-13H,2-4,7-8,10-11H2,1H3,(H,21,22). The van der Waals surface area contributed by atoms with E-state index in [1.807, 2.05) is 25.3 Å². The summed E-state index contributed by atoms with van der Waals surface area (Å²) in [7, 11) is 0. The number of rotatable bonds is 5. The van der Waals surface area contributed by atoms with Crippen LogP contribution < -0.4 is 5.32 Å². The molecule has 1 N–H and O–H groups in total. The van der Waals surface area contributed by atoms with Crippen LogP contribution in [0.25, 0.3) is 0 Å². The summed E-state index contributed by atoms with van der Waals surface area (Å²) in [6, 6.07) is 3.72. The van der Waals surface area contributed by atoms with Crippen molar-refractivity contribution in [2.45, 2.75) is 51.9 Å². The number of thiazole rings is 1. The van der Waals surface area contributed by atoms with Gasteiger partial charge in [-0.05, 0) is 43.7 Å².